The van der Waals surface area contributed by atoms with Crippen LogP contribution in [0.2, 0.25) is 0 Å². The molecule has 0 bridgehead atoms. The van der Waals surface area contributed by atoms with Crippen molar-refractivity contribution in [3.05, 3.63) is 0 Å². The van der Waals surface area contributed by atoms with Crippen molar-refractivity contribution in [2.75, 3.05) is 20.1 Å². The maximum Gasteiger partial charge on any atom is 0.317 e. The van der Waals surface area contributed by atoms with Crippen LogP contribution in [0.25, 0.3) is 0 Å². The van der Waals surface area contributed by atoms with E-state index in [1.807, 2.05) is 0 Å². The van der Waals surface area contributed by atoms with Crippen LogP contribution in [0.1, 0.15) is 6.92 Å². The van der Waals surface area contributed by atoms with Crippen LogP contribution in [-0.4, -0.2) is 48.1 Å². The van der Waals surface area contributed by atoms with Gasteiger partial charge < -0.3 is 21.1 Å². The first kappa shape index (κ1) is 13.2. The molecule has 0 aromatic heterocycles. The van der Waals surface area contributed by atoms with Crippen LogP contribution < -0.4 is 11.1 Å². The number of nitrogens with one attached hydrogen (secondary N) is 1. The van der Waals surface area contributed by atoms with Crippen molar-refractivity contribution in [1.29, 1.82) is 0 Å². The van der Waals surface area contributed by atoms with E-state index in [0.717, 1.165) is 4.90 Å². The molecule has 0 radical (unpaired) electrons. The highest BCUT2D eigenvalue weighted by Crippen LogP contribution is 1.92. The molecular formula is C8H15N3O4. The number of nitrogens with two attached hydrogens (primary N) is 1. The van der Waals surface area contributed by atoms with E-state index in [1.54, 1.807) is 0 Å². The van der Waals surface area contributed by atoms with E-state index < -0.39 is 23.8 Å². The molecule has 0 saturated carbocycles. The molecule has 0 aliphatic rings. The summed E-state index contributed by atoms with van der Waals surface area (Å²) in [5, 5.41) is 10.9. The molecule has 0 aromatic rings. The Labute approximate surface area is 87.2 Å². The van der Waals surface area contributed by atoms with Crippen LogP contribution in [0.5, 0.6) is 0 Å². The lowest BCUT2D eigenvalue weighted by Gasteiger charge is -2.16. The molecule has 7 heteroatoms. The lowest BCUT2D eigenvalue weighted by Crippen LogP contribution is -2.43. The van der Waals surface area contributed by atoms with Gasteiger partial charge in [0.2, 0.25) is 5.91 Å². The van der Waals surface area contributed by atoms with Gasteiger partial charge in [0.1, 0.15) is 6.54 Å². The minimum absolute atomic E-state index is 0.0112. The molecule has 0 saturated heterocycles. The van der Waals surface area contributed by atoms with E-state index in [9.17, 15) is 14.4 Å². The summed E-state index contributed by atoms with van der Waals surface area (Å²) in [4.78, 5) is 33.2. The van der Waals surface area contributed by atoms with E-state index in [-0.39, 0.29) is 13.1 Å². The predicted molar refractivity (Wildman–Crippen MR) is 52.0 cm³/mol. The number of nitrogens with zero attached hydrogens (tertiary/aromatic N) is 1. The largest absolute Gasteiger partial charge is 0.481 e. The molecule has 1 atom stereocenters. The fourth-order valence-corrected chi connectivity index (χ4v) is 0.768. The summed E-state index contributed by atoms with van der Waals surface area (Å²) < 4.78 is 0. The number of primary amides is 1. The van der Waals surface area contributed by atoms with E-state index in [0.29, 0.717) is 0 Å². The number of urea groups is 1. The summed E-state index contributed by atoms with van der Waals surface area (Å²) in [5.74, 6) is -2.29. The number of carbonyl (C=O) groups excluding carboxylic acids is 2. The monoisotopic (exact) mass is 217 g/mol. The van der Waals surface area contributed by atoms with Gasteiger partial charge in [-0.15, -0.1) is 0 Å². The average Bonchev–Trinajstić information content (AvgIpc) is 2.12. The number of carboxylic acid groups (broad SMARTS) is 1. The highest BCUT2D eigenvalue weighted by atomic mass is 16.4. The normalized spacial score (nSPS) is 11.6. The first-order chi connectivity index (χ1) is 6.84. The minimum atomic E-state index is -0.993. The topological polar surface area (TPSA) is 113 Å². The van der Waals surface area contributed by atoms with Gasteiger partial charge in [-0.1, -0.05) is 6.92 Å². The summed E-state index contributed by atoms with van der Waals surface area (Å²) >= 11 is 0. The van der Waals surface area contributed by atoms with Gasteiger partial charge >= 0.3 is 12.0 Å². The van der Waals surface area contributed by atoms with E-state index >= 15 is 0 Å². The second-order valence-electron chi connectivity index (χ2n) is 3.25. The molecular weight excluding hydrogens is 202 g/mol. The van der Waals surface area contributed by atoms with E-state index in [4.69, 9.17) is 10.8 Å². The number of aliphatic carboxylic acids is 1. The number of carbonyl (C=O) groups is 3. The average molecular weight is 217 g/mol. The Hall–Kier alpha value is -1.79. The molecule has 0 rings (SSSR count). The Balaban J connectivity index is 3.93. The first-order valence-corrected chi connectivity index (χ1v) is 4.34. The molecule has 0 spiro atoms. The standard InChI is InChI=1S/C8H15N3O4/c1-5(7(13)14)3-10-8(15)11(2)4-6(9)12/h5H,3-4H2,1-2H3,(H2,9,12)(H,10,15)(H,13,14). The predicted octanol–water partition coefficient (Wildman–Crippen LogP) is -1.17. The quantitative estimate of drug-likeness (QED) is 0.538. The molecule has 7 nitrogen and oxygen atoms in total. The zero-order valence-electron chi connectivity index (χ0n) is 8.69. The van der Waals surface area contributed by atoms with Gasteiger partial charge in [0.15, 0.2) is 0 Å². The highest BCUT2D eigenvalue weighted by molar-refractivity contribution is 5.83. The summed E-state index contributed by atoms with van der Waals surface area (Å²) in [6.45, 7) is 1.28. The Bertz CT molecular complexity index is 267. The molecule has 15 heavy (non-hydrogen) atoms. The summed E-state index contributed by atoms with van der Waals surface area (Å²) in [7, 11) is 1.39. The van der Waals surface area contributed by atoms with Crippen LogP contribution >= 0.6 is 0 Å². The Kier molecular flexibility index (Phi) is 5.14. The third-order valence-electron chi connectivity index (χ3n) is 1.72. The fraction of sp³-hybridized carbons (Fsp3) is 0.625. The van der Waals surface area contributed by atoms with Crippen LogP contribution in [-0.2, 0) is 9.59 Å². The van der Waals surface area contributed by atoms with Gasteiger partial charge in [0.25, 0.3) is 0 Å². The number of hydrogen-bond donors (Lipinski definition) is 3. The Morgan fingerprint density at radius 2 is 2.00 bits per heavy atom. The third kappa shape index (κ3) is 5.50. The lowest BCUT2D eigenvalue weighted by molar-refractivity contribution is -0.140. The van der Waals surface area contributed by atoms with Gasteiger partial charge in [-0.25, -0.2) is 4.79 Å². The van der Waals surface area contributed by atoms with Gasteiger partial charge in [0, 0.05) is 13.6 Å². The second-order valence-corrected chi connectivity index (χ2v) is 3.25. The fourth-order valence-electron chi connectivity index (χ4n) is 0.768. The molecule has 0 heterocycles. The van der Waals surface area contributed by atoms with Gasteiger partial charge in [-0.05, 0) is 0 Å². The third-order valence-corrected chi connectivity index (χ3v) is 1.72. The first-order valence-electron chi connectivity index (χ1n) is 4.34. The van der Waals surface area contributed by atoms with Crippen LogP contribution in [0.3, 0.4) is 0 Å². The van der Waals surface area contributed by atoms with Gasteiger partial charge in [0.05, 0.1) is 5.92 Å². The lowest BCUT2D eigenvalue weighted by atomic mass is 10.2. The number of hydrogen-bond acceptors (Lipinski definition) is 3. The van der Waals surface area contributed by atoms with Crippen LogP contribution in [0.4, 0.5) is 4.79 Å². The molecule has 86 valence electrons. The van der Waals surface area contributed by atoms with E-state index in [1.165, 1.54) is 14.0 Å². The van der Waals surface area contributed by atoms with Crippen molar-refractivity contribution in [3.8, 4) is 0 Å². The maximum absolute atomic E-state index is 11.2. The molecule has 3 amide bonds. The van der Waals surface area contributed by atoms with Crippen molar-refractivity contribution in [3.63, 3.8) is 0 Å². The molecule has 0 aliphatic carbocycles. The van der Waals surface area contributed by atoms with Crippen LogP contribution in [0.15, 0.2) is 0 Å². The summed E-state index contributed by atoms with van der Waals surface area (Å²) in [5.41, 5.74) is 4.88. The molecule has 0 fully saturated rings. The van der Waals surface area contributed by atoms with Crippen LogP contribution in [0, 0.1) is 5.92 Å². The highest BCUT2D eigenvalue weighted by Gasteiger charge is 2.14. The minimum Gasteiger partial charge on any atom is -0.481 e. The number of carboxylic acids is 1. The second kappa shape index (κ2) is 5.84. The molecule has 1 unspecified atom stereocenters. The van der Waals surface area contributed by atoms with Crippen molar-refractivity contribution in [2.24, 2.45) is 11.7 Å². The smallest absolute Gasteiger partial charge is 0.317 e. The maximum atomic E-state index is 11.2. The SMILES string of the molecule is CC(CNC(=O)N(C)CC(N)=O)C(=O)O. The van der Waals surface area contributed by atoms with Gasteiger partial charge in [-0.3, -0.25) is 9.59 Å². The zero-order chi connectivity index (χ0) is 12.0. The summed E-state index contributed by atoms with van der Waals surface area (Å²) in [6.07, 6.45) is 0. The number of likely N-dealkylation sites (N-methyl/N-ethyl adjacent to an activating group) is 1. The van der Waals surface area contributed by atoms with Crippen molar-refractivity contribution < 1.29 is 19.5 Å². The Morgan fingerprint density at radius 3 is 2.40 bits per heavy atom. The van der Waals surface area contributed by atoms with Crippen molar-refractivity contribution >= 4 is 17.9 Å². The van der Waals surface area contributed by atoms with Crippen molar-refractivity contribution in [1.82, 2.24) is 10.2 Å². The zero-order valence-corrected chi connectivity index (χ0v) is 8.69. The summed E-state index contributed by atoms with van der Waals surface area (Å²) in [6, 6.07) is -0.526. The molecule has 0 aromatic carbocycles. The number of amides is 3. The number of rotatable bonds is 5. The van der Waals surface area contributed by atoms with Crippen molar-refractivity contribution in [2.45, 2.75) is 6.92 Å². The molecule has 0 aliphatic heterocycles. The van der Waals surface area contributed by atoms with Gasteiger partial charge in [-0.2, -0.15) is 0 Å². The van der Waals surface area contributed by atoms with E-state index in [2.05, 4.69) is 5.32 Å². The molecule has 4 N–H and O–H groups in total. The Morgan fingerprint density at radius 1 is 1.47 bits per heavy atom.